The van der Waals surface area contributed by atoms with Gasteiger partial charge in [-0.1, -0.05) is 48.5 Å². The van der Waals surface area contributed by atoms with Crippen molar-refractivity contribution in [3.8, 4) is 0 Å². The molecule has 1 aromatic rings. The molecule has 0 aliphatic heterocycles. The molecule has 0 heterocycles. The maximum Gasteiger partial charge on any atom is 0.309 e. The zero-order chi connectivity index (χ0) is 13.0. The maximum atomic E-state index is 11.9. The Balaban J connectivity index is 1.88. The molecule has 0 amide bonds. The lowest BCUT2D eigenvalue weighted by Crippen LogP contribution is -2.20. The van der Waals surface area contributed by atoms with Crippen LogP contribution < -0.4 is 0 Å². The summed E-state index contributed by atoms with van der Waals surface area (Å²) in [6.45, 7) is 0.228. The van der Waals surface area contributed by atoms with Gasteiger partial charge in [-0.25, -0.2) is 0 Å². The van der Waals surface area contributed by atoms with Crippen LogP contribution in [0, 0.1) is 5.92 Å². The van der Waals surface area contributed by atoms with Crippen molar-refractivity contribution in [3.63, 3.8) is 0 Å². The molecule has 2 nitrogen and oxygen atoms in total. The Kier molecular flexibility index (Phi) is 4.90. The number of halogens is 2. The van der Waals surface area contributed by atoms with Gasteiger partial charge in [0.1, 0.15) is 6.61 Å². The Morgan fingerprint density at radius 3 is 2.61 bits per heavy atom. The van der Waals surface area contributed by atoms with E-state index < -0.39 is 0 Å². The second-order valence-electron chi connectivity index (χ2n) is 4.68. The van der Waals surface area contributed by atoms with Gasteiger partial charge in [0.2, 0.25) is 0 Å². The molecule has 1 fully saturated rings. The summed E-state index contributed by atoms with van der Waals surface area (Å²) in [5.41, 5.74) is 0.797. The van der Waals surface area contributed by atoms with Gasteiger partial charge in [-0.15, -0.1) is 0 Å². The molecule has 1 saturated carbocycles. The van der Waals surface area contributed by atoms with E-state index in [0.717, 1.165) is 31.2 Å². The molecule has 0 N–H and O–H groups in total. The highest BCUT2D eigenvalue weighted by molar-refractivity contribution is 6.35. The Hall–Kier alpha value is -0.730. The number of carbonyl (C=O) groups excluding carboxylic acids is 1. The lowest BCUT2D eigenvalue weighted by Gasteiger charge is -2.20. The Morgan fingerprint density at radius 1 is 1.22 bits per heavy atom. The SMILES string of the molecule is O=C(OCc1ccc(Cl)cc1Cl)C1CCCCC1. The highest BCUT2D eigenvalue weighted by atomic mass is 35.5. The van der Waals surface area contributed by atoms with Gasteiger partial charge in [0.15, 0.2) is 0 Å². The van der Waals surface area contributed by atoms with Crippen molar-refractivity contribution in [1.29, 1.82) is 0 Å². The summed E-state index contributed by atoms with van der Waals surface area (Å²) in [4.78, 5) is 11.9. The number of esters is 1. The fraction of sp³-hybridized carbons (Fsp3) is 0.500. The van der Waals surface area contributed by atoms with Gasteiger partial charge >= 0.3 is 5.97 Å². The van der Waals surface area contributed by atoms with Gasteiger partial charge in [-0.05, 0) is 25.0 Å². The lowest BCUT2D eigenvalue weighted by molar-refractivity contribution is -0.151. The van der Waals surface area contributed by atoms with Crippen molar-refractivity contribution >= 4 is 29.2 Å². The molecule has 0 radical (unpaired) electrons. The predicted molar refractivity (Wildman–Crippen MR) is 72.8 cm³/mol. The Morgan fingerprint density at radius 2 is 1.94 bits per heavy atom. The molecule has 1 aliphatic rings. The number of hydrogen-bond acceptors (Lipinski definition) is 2. The normalized spacial score (nSPS) is 16.6. The third kappa shape index (κ3) is 3.63. The van der Waals surface area contributed by atoms with E-state index in [4.69, 9.17) is 27.9 Å². The second kappa shape index (κ2) is 6.44. The summed E-state index contributed by atoms with van der Waals surface area (Å²) in [6.07, 6.45) is 5.39. The first-order valence-electron chi connectivity index (χ1n) is 6.27. The standard InChI is InChI=1S/C14H16Cl2O2/c15-12-7-6-11(13(16)8-12)9-18-14(17)10-4-2-1-3-5-10/h6-8,10H,1-5,9H2. The van der Waals surface area contributed by atoms with Gasteiger partial charge in [-0.3, -0.25) is 4.79 Å². The van der Waals surface area contributed by atoms with E-state index in [2.05, 4.69) is 0 Å². The Bertz CT molecular complexity index is 426. The maximum absolute atomic E-state index is 11.9. The molecule has 4 heteroatoms. The molecule has 98 valence electrons. The first kappa shape index (κ1) is 13.7. The molecule has 1 aromatic carbocycles. The van der Waals surface area contributed by atoms with Gasteiger partial charge in [-0.2, -0.15) is 0 Å². The van der Waals surface area contributed by atoms with Crippen LogP contribution in [0.2, 0.25) is 10.0 Å². The number of carbonyl (C=O) groups is 1. The summed E-state index contributed by atoms with van der Waals surface area (Å²) in [6, 6.07) is 5.20. The minimum Gasteiger partial charge on any atom is -0.461 e. The van der Waals surface area contributed by atoms with E-state index >= 15 is 0 Å². The largest absolute Gasteiger partial charge is 0.461 e. The van der Waals surface area contributed by atoms with E-state index in [9.17, 15) is 4.79 Å². The number of hydrogen-bond donors (Lipinski definition) is 0. The average molecular weight is 287 g/mol. The molecule has 1 aliphatic carbocycles. The lowest BCUT2D eigenvalue weighted by atomic mass is 9.89. The molecule has 0 bridgehead atoms. The monoisotopic (exact) mass is 286 g/mol. The smallest absolute Gasteiger partial charge is 0.309 e. The zero-order valence-electron chi connectivity index (χ0n) is 10.1. The summed E-state index contributed by atoms with van der Waals surface area (Å²) < 4.78 is 5.32. The summed E-state index contributed by atoms with van der Waals surface area (Å²) in [7, 11) is 0. The van der Waals surface area contributed by atoms with Crippen molar-refractivity contribution < 1.29 is 9.53 Å². The topological polar surface area (TPSA) is 26.3 Å². The van der Waals surface area contributed by atoms with Crippen LogP contribution in [0.5, 0.6) is 0 Å². The van der Waals surface area contributed by atoms with Crippen molar-refractivity contribution in [2.24, 2.45) is 5.92 Å². The van der Waals surface area contributed by atoms with E-state index in [1.165, 1.54) is 6.42 Å². The summed E-state index contributed by atoms with van der Waals surface area (Å²) >= 11 is 11.8. The van der Waals surface area contributed by atoms with Crippen LogP contribution >= 0.6 is 23.2 Å². The average Bonchev–Trinajstić information content (AvgIpc) is 2.38. The van der Waals surface area contributed by atoms with E-state index in [1.807, 2.05) is 0 Å². The quantitative estimate of drug-likeness (QED) is 0.758. The van der Waals surface area contributed by atoms with Crippen LogP contribution in [0.15, 0.2) is 18.2 Å². The third-order valence-corrected chi connectivity index (χ3v) is 3.91. The minimum atomic E-state index is -0.0966. The molecule has 0 atom stereocenters. The van der Waals surface area contributed by atoms with Gasteiger partial charge in [0, 0.05) is 15.6 Å². The molecule has 0 spiro atoms. The van der Waals surface area contributed by atoms with E-state index in [0.29, 0.717) is 10.0 Å². The molecule has 18 heavy (non-hydrogen) atoms. The number of benzene rings is 1. The van der Waals surface area contributed by atoms with Gasteiger partial charge < -0.3 is 4.74 Å². The first-order chi connectivity index (χ1) is 8.66. The van der Waals surface area contributed by atoms with Crippen LogP contribution in [0.3, 0.4) is 0 Å². The molecular formula is C14H16Cl2O2. The fourth-order valence-electron chi connectivity index (χ4n) is 2.24. The van der Waals surface area contributed by atoms with Crippen LogP contribution in [0.25, 0.3) is 0 Å². The third-order valence-electron chi connectivity index (χ3n) is 3.32. The second-order valence-corrected chi connectivity index (χ2v) is 5.52. The predicted octanol–water partition coefficient (Wildman–Crippen LogP) is 4.62. The van der Waals surface area contributed by atoms with Crippen LogP contribution in [-0.2, 0) is 16.1 Å². The first-order valence-corrected chi connectivity index (χ1v) is 7.03. The summed E-state index contributed by atoms with van der Waals surface area (Å²) in [5.74, 6) is -0.0226. The van der Waals surface area contributed by atoms with Gasteiger partial charge in [0.05, 0.1) is 5.92 Å². The van der Waals surface area contributed by atoms with Crippen molar-refractivity contribution in [2.45, 2.75) is 38.7 Å². The molecular weight excluding hydrogens is 271 g/mol. The van der Waals surface area contributed by atoms with Crippen LogP contribution in [0.4, 0.5) is 0 Å². The summed E-state index contributed by atoms with van der Waals surface area (Å²) in [5, 5.41) is 1.13. The van der Waals surface area contributed by atoms with Crippen molar-refractivity contribution in [1.82, 2.24) is 0 Å². The van der Waals surface area contributed by atoms with Crippen LogP contribution in [0.1, 0.15) is 37.7 Å². The minimum absolute atomic E-state index is 0.0739. The zero-order valence-corrected chi connectivity index (χ0v) is 11.6. The van der Waals surface area contributed by atoms with Crippen molar-refractivity contribution in [2.75, 3.05) is 0 Å². The van der Waals surface area contributed by atoms with Crippen molar-refractivity contribution in [3.05, 3.63) is 33.8 Å². The molecule has 2 rings (SSSR count). The fourth-order valence-corrected chi connectivity index (χ4v) is 2.71. The Labute approximate surface area is 117 Å². The van der Waals surface area contributed by atoms with E-state index in [-0.39, 0.29) is 18.5 Å². The molecule has 0 saturated heterocycles. The highest BCUT2D eigenvalue weighted by Crippen LogP contribution is 2.26. The van der Waals surface area contributed by atoms with E-state index in [1.54, 1.807) is 18.2 Å². The number of ether oxygens (including phenoxy) is 1. The molecule has 0 aromatic heterocycles. The van der Waals surface area contributed by atoms with Crippen LogP contribution in [-0.4, -0.2) is 5.97 Å². The number of rotatable bonds is 3. The van der Waals surface area contributed by atoms with Gasteiger partial charge in [0.25, 0.3) is 0 Å². The highest BCUT2D eigenvalue weighted by Gasteiger charge is 2.22. The molecule has 0 unspecified atom stereocenters.